The second-order valence-corrected chi connectivity index (χ2v) is 5.85. The van der Waals surface area contributed by atoms with E-state index in [1.165, 1.54) is 11.1 Å². The van der Waals surface area contributed by atoms with E-state index in [-0.39, 0.29) is 0 Å². The van der Waals surface area contributed by atoms with E-state index in [1.807, 2.05) is 12.4 Å². The van der Waals surface area contributed by atoms with Crippen molar-refractivity contribution in [1.29, 1.82) is 0 Å². The minimum atomic E-state index is 0.527. The highest BCUT2D eigenvalue weighted by molar-refractivity contribution is 6.00. The van der Waals surface area contributed by atoms with E-state index in [9.17, 15) is 0 Å². The summed E-state index contributed by atoms with van der Waals surface area (Å²) in [5.41, 5.74) is 4.45. The van der Waals surface area contributed by atoms with Crippen molar-refractivity contribution in [1.82, 2.24) is 10.2 Å². The monoisotopic (exact) mass is 295 g/mol. The molecule has 0 spiro atoms. The number of aliphatic imine (C=N–C) groups is 1. The van der Waals surface area contributed by atoms with Crippen LogP contribution in [0.15, 0.2) is 60.0 Å². The Morgan fingerprint density at radius 2 is 2.09 bits per heavy atom. The topological polar surface area (TPSA) is 27.6 Å². The van der Waals surface area contributed by atoms with Crippen molar-refractivity contribution < 1.29 is 0 Å². The lowest BCUT2D eigenvalue weighted by Gasteiger charge is -2.30. The third kappa shape index (κ3) is 3.48. The molecule has 2 rings (SSSR count). The molecule has 1 aromatic carbocycles. The number of nitrogens with one attached hydrogen (secondary N) is 1. The molecule has 3 heteroatoms. The quantitative estimate of drug-likeness (QED) is 0.896. The molecule has 3 nitrogen and oxygen atoms in total. The molecule has 1 aliphatic rings. The van der Waals surface area contributed by atoms with Crippen molar-refractivity contribution >= 4 is 11.5 Å². The smallest absolute Gasteiger partial charge is 0.149 e. The SMILES string of the molecule is C=C1C(=NCC(C)C)NC=CN1/C(=C\C)c1ccccc1C. The number of aryl methyl sites for hydroxylation is 1. The second kappa shape index (κ2) is 7.12. The summed E-state index contributed by atoms with van der Waals surface area (Å²) in [6.45, 7) is 13.5. The Morgan fingerprint density at radius 3 is 2.73 bits per heavy atom. The maximum absolute atomic E-state index is 4.63. The molecule has 116 valence electrons. The summed E-state index contributed by atoms with van der Waals surface area (Å²) in [4.78, 5) is 6.73. The molecule has 1 aromatic rings. The fourth-order valence-corrected chi connectivity index (χ4v) is 2.40. The Labute approximate surface area is 133 Å². The fraction of sp³-hybridized carbons (Fsp3) is 0.316. The van der Waals surface area contributed by atoms with Crippen LogP contribution in [0.3, 0.4) is 0 Å². The molecule has 22 heavy (non-hydrogen) atoms. The first-order valence-electron chi connectivity index (χ1n) is 7.73. The molecule has 0 saturated heterocycles. The van der Waals surface area contributed by atoms with Crippen molar-refractivity contribution in [2.45, 2.75) is 27.7 Å². The Hall–Kier alpha value is -2.29. The first-order chi connectivity index (χ1) is 10.5. The van der Waals surface area contributed by atoms with Crippen LogP contribution < -0.4 is 5.32 Å². The first-order valence-corrected chi connectivity index (χ1v) is 7.73. The van der Waals surface area contributed by atoms with Gasteiger partial charge in [-0.1, -0.05) is 50.8 Å². The third-order valence-electron chi connectivity index (χ3n) is 3.58. The van der Waals surface area contributed by atoms with Gasteiger partial charge >= 0.3 is 0 Å². The van der Waals surface area contributed by atoms with Gasteiger partial charge in [0.25, 0.3) is 0 Å². The Bertz CT molecular complexity index is 636. The summed E-state index contributed by atoms with van der Waals surface area (Å²) in [5, 5.41) is 3.20. The highest BCUT2D eigenvalue weighted by Crippen LogP contribution is 2.27. The molecule has 0 radical (unpaired) electrons. The zero-order valence-corrected chi connectivity index (χ0v) is 13.9. The van der Waals surface area contributed by atoms with Crippen LogP contribution in [0.5, 0.6) is 0 Å². The lowest BCUT2D eigenvalue weighted by molar-refractivity contribution is 0.645. The number of benzene rings is 1. The Morgan fingerprint density at radius 1 is 1.36 bits per heavy atom. The molecular weight excluding hydrogens is 270 g/mol. The standard InChI is InChI=1S/C19H25N3/c1-6-18(17-10-8-7-9-15(17)4)22-12-11-20-19(16(22)5)21-13-14(2)3/h6-12,14H,5,13H2,1-4H3,(H,20,21)/b18-6-. The Balaban J connectivity index is 2.33. The molecule has 1 N–H and O–H groups in total. The summed E-state index contributed by atoms with van der Waals surface area (Å²) < 4.78 is 0. The average molecular weight is 295 g/mol. The molecule has 1 aliphatic heterocycles. The summed E-state index contributed by atoms with van der Waals surface area (Å²) in [7, 11) is 0. The van der Waals surface area contributed by atoms with Crippen molar-refractivity contribution in [3.8, 4) is 0 Å². The number of hydrogen-bond acceptors (Lipinski definition) is 2. The molecular formula is C19H25N3. The van der Waals surface area contributed by atoms with E-state index in [1.54, 1.807) is 0 Å². The minimum absolute atomic E-state index is 0.527. The highest BCUT2D eigenvalue weighted by atomic mass is 15.2. The van der Waals surface area contributed by atoms with E-state index in [0.717, 1.165) is 23.8 Å². The normalized spacial score (nSPS) is 17.3. The predicted octanol–water partition coefficient (Wildman–Crippen LogP) is 4.30. The van der Waals surface area contributed by atoms with Crippen LogP contribution in [0.2, 0.25) is 0 Å². The van der Waals surface area contributed by atoms with Gasteiger partial charge in [-0.3, -0.25) is 4.99 Å². The lowest BCUT2D eigenvalue weighted by atomic mass is 10.0. The molecule has 0 amide bonds. The van der Waals surface area contributed by atoms with E-state index in [2.05, 4.69) is 79.8 Å². The van der Waals surface area contributed by atoms with E-state index in [0.29, 0.717) is 5.92 Å². The van der Waals surface area contributed by atoms with Gasteiger partial charge in [0.2, 0.25) is 0 Å². The average Bonchev–Trinajstić information content (AvgIpc) is 2.50. The van der Waals surface area contributed by atoms with Gasteiger partial charge in [-0.15, -0.1) is 0 Å². The van der Waals surface area contributed by atoms with Crippen LogP contribution in [0, 0.1) is 12.8 Å². The zero-order chi connectivity index (χ0) is 16.1. The van der Waals surface area contributed by atoms with Crippen LogP contribution in [-0.4, -0.2) is 17.3 Å². The Kier molecular flexibility index (Phi) is 5.21. The van der Waals surface area contributed by atoms with Gasteiger partial charge in [0, 0.05) is 30.2 Å². The first kappa shape index (κ1) is 16.1. The fourth-order valence-electron chi connectivity index (χ4n) is 2.40. The molecule has 0 aromatic heterocycles. The molecule has 0 unspecified atom stereocenters. The van der Waals surface area contributed by atoms with Gasteiger partial charge < -0.3 is 10.2 Å². The molecule has 0 aliphatic carbocycles. The minimum Gasteiger partial charge on any atom is -0.344 e. The summed E-state index contributed by atoms with van der Waals surface area (Å²) >= 11 is 0. The molecule has 0 fully saturated rings. The second-order valence-electron chi connectivity index (χ2n) is 5.85. The van der Waals surface area contributed by atoms with E-state index in [4.69, 9.17) is 0 Å². The van der Waals surface area contributed by atoms with Crippen LogP contribution in [-0.2, 0) is 0 Å². The largest absolute Gasteiger partial charge is 0.344 e. The van der Waals surface area contributed by atoms with Crippen molar-refractivity contribution in [3.05, 3.63) is 66.1 Å². The lowest BCUT2D eigenvalue weighted by Crippen LogP contribution is -2.33. The van der Waals surface area contributed by atoms with Gasteiger partial charge in [-0.25, -0.2) is 0 Å². The van der Waals surface area contributed by atoms with Gasteiger partial charge in [0.05, 0.1) is 5.70 Å². The van der Waals surface area contributed by atoms with Crippen LogP contribution in [0.25, 0.3) is 5.70 Å². The van der Waals surface area contributed by atoms with Gasteiger partial charge in [0.1, 0.15) is 5.84 Å². The number of rotatable bonds is 4. The third-order valence-corrected chi connectivity index (χ3v) is 3.58. The van der Waals surface area contributed by atoms with E-state index < -0.39 is 0 Å². The molecule has 0 atom stereocenters. The zero-order valence-electron chi connectivity index (χ0n) is 13.9. The van der Waals surface area contributed by atoms with Crippen molar-refractivity contribution in [3.63, 3.8) is 0 Å². The summed E-state index contributed by atoms with van der Waals surface area (Å²) in [6.07, 6.45) is 6.03. The van der Waals surface area contributed by atoms with Gasteiger partial charge in [-0.05, 0) is 25.3 Å². The predicted molar refractivity (Wildman–Crippen MR) is 95.2 cm³/mol. The molecule has 0 bridgehead atoms. The number of hydrogen-bond donors (Lipinski definition) is 1. The molecule has 0 saturated carbocycles. The number of nitrogens with zero attached hydrogens (tertiary/aromatic N) is 2. The van der Waals surface area contributed by atoms with E-state index >= 15 is 0 Å². The summed E-state index contributed by atoms with van der Waals surface area (Å²) in [6, 6.07) is 8.39. The maximum atomic E-state index is 4.63. The van der Waals surface area contributed by atoms with Gasteiger partial charge in [0.15, 0.2) is 0 Å². The number of amidine groups is 1. The van der Waals surface area contributed by atoms with Crippen LogP contribution in [0.4, 0.5) is 0 Å². The maximum Gasteiger partial charge on any atom is 0.149 e. The highest BCUT2D eigenvalue weighted by Gasteiger charge is 2.20. The van der Waals surface area contributed by atoms with Crippen LogP contribution in [0.1, 0.15) is 31.9 Å². The number of allylic oxidation sites excluding steroid dienone is 1. The van der Waals surface area contributed by atoms with Crippen molar-refractivity contribution in [2.75, 3.05) is 6.54 Å². The van der Waals surface area contributed by atoms with Gasteiger partial charge in [-0.2, -0.15) is 0 Å². The summed E-state index contributed by atoms with van der Waals surface area (Å²) in [5.74, 6) is 1.36. The van der Waals surface area contributed by atoms with Crippen LogP contribution >= 0.6 is 0 Å². The van der Waals surface area contributed by atoms with Crippen molar-refractivity contribution in [2.24, 2.45) is 10.9 Å². The molecule has 1 heterocycles.